The van der Waals surface area contributed by atoms with Crippen LogP contribution in [-0.2, 0) is 12.8 Å². The van der Waals surface area contributed by atoms with Crippen LogP contribution >= 0.6 is 0 Å². The van der Waals surface area contributed by atoms with Crippen LogP contribution in [0.1, 0.15) is 24.0 Å². The molecule has 0 amide bonds. The fourth-order valence-corrected chi connectivity index (χ4v) is 3.39. The SMILES string of the molecule is c1ccc2c(c1)CCC(N1CCCc3cccnc31)N2. The molecule has 2 aromatic rings. The van der Waals surface area contributed by atoms with Crippen LogP contribution in [0, 0.1) is 0 Å². The van der Waals surface area contributed by atoms with Gasteiger partial charge in [-0.15, -0.1) is 0 Å². The summed E-state index contributed by atoms with van der Waals surface area (Å²) in [6, 6.07) is 12.9. The maximum atomic E-state index is 4.62. The molecule has 0 spiro atoms. The van der Waals surface area contributed by atoms with E-state index in [4.69, 9.17) is 0 Å². The lowest BCUT2D eigenvalue weighted by atomic mass is 9.99. The molecule has 2 aliphatic rings. The van der Waals surface area contributed by atoms with E-state index in [9.17, 15) is 0 Å². The summed E-state index contributed by atoms with van der Waals surface area (Å²) < 4.78 is 0. The highest BCUT2D eigenvalue weighted by atomic mass is 15.3. The average molecular weight is 265 g/mol. The molecule has 1 atom stereocenters. The van der Waals surface area contributed by atoms with Crippen LogP contribution in [0.25, 0.3) is 0 Å². The molecule has 1 unspecified atom stereocenters. The molecule has 0 bridgehead atoms. The summed E-state index contributed by atoms with van der Waals surface area (Å²) in [5.41, 5.74) is 4.10. The lowest BCUT2D eigenvalue weighted by Gasteiger charge is -2.40. The van der Waals surface area contributed by atoms with Crippen LogP contribution in [0.2, 0.25) is 0 Å². The van der Waals surface area contributed by atoms with Crippen molar-refractivity contribution in [2.45, 2.75) is 31.8 Å². The molecule has 0 aliphatic carbocycles. The standard InChI is InChI=1S/C17H19N3/c1-2-8-15-13(5-1)9-10-16(19-15)20-12-4-7-14-6-3-11-18-17(14)20/h1-3,5-6,8,11,16,19H,4,7,9-10,12H2. The maximum Gasteiger partial charge on any atom is 0.133 e. The van der Waals surface area contributed by atoms with Gasteiger partial charge in [0, 0.05) is 18.4 Å². The third-order valence-electron chi connectivity index (χ3n) is 4.39. The third kappa shape index (κ3) is 1.94. The van der Waals surface area contributed by atoms with Crippen LogP contribution in [0.3, 0.4) is 0 Å². The Morgan fingerprint density at radius 3 is 2.95 bits per heavy atom. The lowest BCUT2D eigenvalue weighted by Crippen LogP contribution is -2.46. The number of anilines is 2. The van der Waals surface area contributed by atoms with Gasteiger partial charge in [-0.1, -0.05) is 24.3 Å². The van der Waals surface area contributed by atoms with Gasteiger partial charge in [-0.2, -0.15) is 0 Å². The van der Waals surface area contributed by atoms with Gasteiger partial charge >= 0.3 is 0 Å². The van der Waals surface area contributed by atoms with E-state index in [1.54, 1.807) is 0 Å². The van der Waals surface area contributed by atoms with Crippen molar-refractivity contribution in [1.29, 1.82) is 0 Å². The van der Waals surface area contributed by atoms with Crippen molar-refractivity contribution in [3.05, 3.63) is 53.7 Å². The Balaban J connectivity index is 1.64. The zero-order chi connectivity index (χ0) is 13.4. The summed E-state index contributed by atoms with van der Waals surface area (Å²) in [5.74, 6) is 1.18. The number of nitrogens with zero attached hydrogens (tertiary/aromatic N) is 2. The van der Waals surface area contributed by atoms with Crippen molar-refractivity contribution in [3.8, 4) is 0 Å². The van der Waals surface area contributed by atoms with Gasteiger partial charge in [0.2, 0.25) is 0 Å². The molecular weight excluding hydrogens is 246 g/mol. The number of para-hydroxylation sites is 1. The Kier molecular flexibility index (Phi) is 2.84. The van der Waals surface area contributed by atoms with Crippen molar-refractivity contribution in [2.75, 3.05) is 16.8 Å². The molecule has 1 N–H and O–H groups in total. The number of nitrogens with one attached hydrogen (secondary N) is 1. The van der Waals surface area contributed by atoms with E-state index in [1.165, 1.54) is 29.1 Å². The summed E-state index contributed by atoms with van der Waals surface area (Å²) in [4.78, 5) is 7.07. The second kappa shape index (κ2) is 4.82. The first-order chi connectivity index (χ1) is 9.92. The number of aryl methyl sites for hydroxylation is 2. The highest BCUT2D eigenvalue weighted by molar-refractivity contribution is 5.58. The van der Waals surface area contributed by atoms with Crippen LogP contribution in [0.4, 0.5) is 11.5 Å². The summed E-state index contributed by atoms with van der Waals surface area (Å²) in [5, 5.41) is 3.69. The molecule has 0 fully saturated rings. The van der Waals surface area contributed by atoms with Crippen LogP contribution < -0.4 is 10.2 Å². The van der Waals surface area contributed by atoms with Gasteiger partial charge in [-0.3, -0.25) is 0 Å². The molecule has 0 radical (unpaired) electrons. The minimum Gasteiger partial charge on any atom is -0.365 e. The van der Waals surface area contributed by atoms with E-state index in [1.807, 2.05) is 12.3 Å². The minimum atomic E-state index is 0.374. The second-order valence-corrected chi connectivity index (χ2v) is 5.64. The van der Waals surface area contributed by atoms with Crippen LogP contribution in [0.5, 0.6) is 0 Å². The molecule has 1 aromatic carbocycles. The Hall–Kier alpha value is -2.03. The molecule has 2 aliphatic heterocycles. The van der Waals surface area contributed by atoms with E-state index >= 15 is 0 Å². The van der Waals surface area contributed by atoms with Crippen molar-refractivity contribution in [3.63, 3.8) is 0 Å². The van der Waals surface area contributed by atoms with Gasteiger partial charge in [0.05, 0.1) is 0 Å². The van der Waals surface area contributed by atoms with Gasteiger partial charge in [-0.05, 0) is 48.9 Å². The quantitative estimate of drug-likeness (QED) is 0.858. The van der Waals surface area contributed by atoms with E-state index in [0.717, 1.165) is 25.8 Å². The molecule has 102 valence electrons. The number of aromatic nitrogens is 1. The fourth-order valence-electron chi connectivity index (χ4n) is 3.39. The minimum absolute atomic E-state index is 0.374. The Morgan fingerprint density at radius 1 is 1.05 bits per heavy atom. The van der Waals surface area contributed by atoms with Crippen LogP contribution in [0.15, 0.2) is 42.6 Å². The van der Waals surface area contributed by atoms with Crippen molar-refractivity contribution >= 4 is 11.5 Å². The molecule has 0 saturated heterocycles. The highest BCUT2D eigenvalue weighted by Crippen LogP contribution is 2.31. The first-order valence-corrected chi connectivity index (χ1v) is 7.47. The summed E-state index contributed by atoms with van der Waals surface area (Å²) in [6.07, 6.45) is 6.95. The fraction of sp³-hybridized carbons (Fsp3) is 0.353. The van der Waals surface area contributed by atoms with Crippen molar-refractivity contribution < 1.29 is 0 Å². The van der Waals surface area contributed by atoms with Crippen molar-refractivity contribution in [2.24, 2.45) is 0 Å². The molecule has 4 rings (SSSR count). The first-order valence-electron chi connectivity index (χ1n) is 7.47. The monoisotopic (exact) mass is 265 g/mol. The van der Waals surface area contributed by atoms with E-state index in [0.29, 0.717) is 6.17 Å². The third-order valence-corrected chi connectivity index (χ3v) is 4.39. The van der Waals surface area contributed by atoms with Crippen molar-refractivity contribution in [1.82, 2.24) is 4.98 Å². The van der Waals surface area contributed by atoms with Gasteiger partial charge in [0.25, 0.3) is 0 Å². The van der Waals surface area contributed by atoms with Gasteiger partial charge in [0.15, 0.2) is 0 Å². The topological polar surface area (TPSA) is 28.2 Å². The predicted octanol–water partition coefficient (Wildman–Crippen LogP) is 3.22. The lowest BCUT2D eigenvalue weighted by molar-refractivity contribution is 0.550. The number of rotatable bonds is 1. The largest absolute Gasteiger partial charge is 0.365 e. The van der Waals surface area contributed by atoms with Gasteiger partial charge in [0.1, 0.15) is 12.0 Å². The molecule has 0 saturated carbocycles. The van der Waals surface area contributed by atoms with Gasteiger partial charge in [-0.25, -0.2) is 4.98 Å². The molecule has 3 heteroatoms. The second-order valence-electron chi connectivity index (χ2n) is 5.64. The number of pyridine rings is 1. The molecule has 1 aromatic heterocycles. The summed E-state index contributed by atoms with van der Waals surface area (Å²) in [7, 11) is 0. The zero-order valence-corrected chi connectivity index (χ0v) is 11.5. The molecular formula is C17H19N3. The Bertz CT molecular complexity index is 623. The number of hydrogen-bond acceptors (Lipinski definition) is 3. The normalized spacial score (nSPS) is 20.8. The predicted molar refractivity (Wildman–Crippen MR) is 82.1 cm³/mol. The Labute approximate surface area is 119 Å². The van der Waals surface area contributed by atoms with E-state index < -0.39 is 0 Å². The van der Waals surface area contributed by atoms with E-state index in [-0.39, 0.29) is 0 Å². The summed E-state index contributed by atoms with van der Waals surface area (Å²) >= 11 is 0. The summed E-state index contributed by atoms with van der Waals surface area (Å²) in [6.45, 7) is 1.10. The number of benzene rings is 1. The highest BCUT2D eigenvalue weighted by Gasteiger charge is 2.27. The van der Waals surface area contributed by atoms with Crippen LogP contribution in [-0.4, -0.2) is 17.7 Å². The molecule has 3 heterocycles. The molecule has 20 heavy (non-hydrogen) atoms. The number of hydrogen-bond donors (Lipinski definition) is 1. The number of fused-ring (bicyclic) bond motifs is 2. The molecule has 3 nitrogen and oxygen atoms in total. The first kappa shape index (κ1) is 11.8. The van der Waals surface area contributed by atoms with Gasteiger partial charge < -0.3 is 10.2 Å². The smallest absolute Gasteiger partial charge is 0.133 e. The zero-order valence-electron chi connectivity index (χ0n) is 11.5. The maximum absolute atomic E-state index is 4.62. The van der Waals surface area contributed by atoms with E-state index in [2.05, 4.69) is 45.5 Å². The Morgan fingerprint density at radius 2 is 1.95 bits per heavy atom. The average Bonchev–Trinajstić information content (AvgIpc) is 2.54.